The van der Waals surface area contributed by atoms with Gasteiger partial charge < -0.3 is 0 Å². The highest BCUT2D eigenvalue weighted by Gasteiger charge is 2.38. The lowest BCUT2D eigenvalue weighted by Gasteiger charge is -2.29. The summed E-state index contributed by atoms with van der Waals surface area (Å²) in [6.07, 6.45) is 0.322. The second kappa shape index (κ2) is 5.62. The van der Waals surface area contributed by atoms with E-state index in [1.807, 2.05) is 31.2 Å². The molecule has 2 unspecified atom stereocenters. The van der Waals surface area contributed by atoms with E-state index >= 15 is 0 Å². The molecule has 0 spiro atoms. The summed E-state index contributed by atoms with van der Waals surface area (Å²) in [7, 11) is 0. The molecule has 1 saturated heterocycles. The van der Waals surface area contributed by atoms with Gasteiger partial charge in [-0.15, -0.1) is 11.3 Å². The van der Waals surface area contributed by atoms with Gasteiger partial charge in [-0.1, -0.05) is 23.7 Å². The molecule has 21 heavy (non-hydrogen) atoms. The first-order valence-corrected chi connectivity index (χ1v) is 7.89. The Balaban J connectivity index is 2.04. The summed E-state index contributed by atoms with van der Waals surface area (Å²) < 4.78 is 0. The van der Waals surface area contributed by atoms with Crippen LogP contribution in [0.15, 0.2) is 36.4 Å². The van der Waals surface area contributed by atoms with Gasteiger partial charge in [-0.25, -0.2) is 0 Å². The summed E-state index contributed by atoms with van der Waals surface area (Å²) >= 11 is 7.68. The number of thiophene rings is 1. The predicted octanol–water partition coefficient (Wildman–Crippen LogP) is 3.62. The van der Waals surface area contributed by atoms with Gasteiger partial charge in [0, 0.05) is 27.1 Å². The van der Waals surface area contributed by atoms with Crippen LogP contribution < -0.4 is 5.32 Å². The number of amides is 2. The van der Waals surface area contributed by atoms with E-state index in [0.717, 1.165) is 10.4 Å². The standard InChI is InChI=1S/C16H14ClNO2S/c1-9-5-6-13(21-9)12-8-14(19)18-16(20)15(12)10-3-2-4-11(17)7-10/h2-7,12,15H,8H2,1H3,(H,18,19,20). The molecular formula is C16H14ClNO2S. The third-order valence-electron chi connectivity index (χ3n) is 3.69. The van der Waals surface area contributed by atoms with Gasteiger partial charge in [-0.3, -0.25) is 14.9 Å². The van der Waals surface area contributed by atoms with E-state index in [1.165, 1.54) is 4.88 Å². The van der Waals surface area contributed by atoms with Gasteiger partial charge in [0.25, 0.3) is 0 Å². The molecule has 1 fully saturated rings. The summed E-state index contributed by atoms with van der Waals surface area (Å²) in [6.45, 7) is 2.02. The van der Waals surface area contributed by atoms with Gasteiger partial charge in [0.15, 0.2) is 0 Å². The smallest absolute Gasteiger partial charge is 0.234 e. The van der Waals surface area contributed by atoms with Crippen LogP contribution in [-0.2, 0) is 9.59 Å². The molecule has 0 radical (unpaired) electrons. The molecule has 2 atom stereocenters. The average Bonchev–Trinajstić information content (AvgIpc) is 2.84. The highest BCUT2D eigenvalue weighted by atomic mass is 35.5. The Bertz CT molecular complexity index is 710. The van der Waals surface area contributed by atoms with Gasteiger partial charge in [0.05, 0.1) is 5.92 Å². The minimum absolute atomic E-state index is 0.122. The minimum atomic E-state index is -0.376. The second-order valence-electron chi connectivity index (χ2n) is 5.20. The maximum atomic E-state index is 12.3. The fourth-order valence-electron chi connectivity index (χ4n) is 2.77. The van der Waals surface area contributed by atoms with Crippen LogP contribution in [0, 0.1) is 6.92 Å². The molecule has 3 rings (SSSR count). The summed E-state index contributed by atoms with van der Waals surface area (Å²) in [5, 5.41) is 3.03. The quantitative estimate of drug-likeness (QED) is 0.859. The van der Waals surface area contributed by atoms with Crippen molar-refractivity contribution in [2.75, 3.05) is 0 Å². The van der Waals surface area contributed by atoms with E-state index in [2.05, 4.69) is 5.32 Å². The zero-order valence-corrected chi connectivity index (χ0v) is 13.0. The van der Waals surface area contributed by atoms with Crippen molar-refractivity contribution in [2.45, 2.75) is 25.2 Å². The highest BCUT2D eigenvalue weighted by Crippen LogP contribution is 2.41. The fraction of sp³-hybridized carbons (Fsp3) is 0.250. The Kier molecular flexibility index (Phi) is 3.83. The number of hydrogen-bond acceptors (Lipinski definition) is 3. The number of imide groups is 1. The predicted molar refractivity (Wildman–Crippen MR) is 83.8 cm³/mol. The SMILES string of the molecule is Cc1ccc(C2CC(=O)NC(=O)C2c2cccc(Cl)c2)s1. The summed E-state index contributed by atoms with van der Waals surface area (Å²) in [5.41, 5.74) is 0.851. The van der Waals surface area contributed by atoms with Crippen LogP contribution >= 0.6 is 22.9 Å². The molecule has 2 aromatic rings. The molecule has 0 aliphatic carbocycles. The van der Waals surface area contributed by atoms with E-state index in [1.54, 1.807) is 23.5 Å². The minimum Gasteiger partial charge on any atom is -0.296 e. The first-order chi connectivity index (χ1) is 10.0. The number of piperidine rings is 1. The van der Waals surface area contributed by atoms with Crippen molar-refractivity contribution in [2.24, 2.45) is 0 Å². The molecule has 0 saturated carbocycles. The molecule has 1 N–H and O–H groups in total. The molecule has 2 heterocycles. The largest absolute Gasteiger partial charge is 0.296 e. The topological polar surface area (TPSA) is 46.2 Å². The fourth-order valence-corrected chi connectivity index (χ4v) is 3.98. The Morgan fingerprint density at radius 2 is 2.05 bits per heavy atom. The van der Waals surface area contributed by atoms with Crippen molar-refractivity contribution >= 4 is 34.8 Å². The molecule has 0 bridgehead atoms. The third kappa shape index (κ3) is 2.87. The first-order valence-electron chi connectivity index (χ1n) is 6.70. The van der Waals surface area contributed by atoms with Crippen LogP contribution in [0.5, 0.6) is 0 Å². The number of halogens is 1. The number of aryl methyl sites for hydroxylation is 1. The van der Waals surface area contributed by atoms with Gasteiger partial charge in [-0.2, -0.15) is 0 Å². The van der Waals surface area contributed by atoms with E-state index in [9.17, 15) is 9.59 Å². The molecule has 1 aliphatic rings. The highest BCUT2D eigenvalue weighted by molar-refractivity contribution is 7.12. The van der Waals surface area contributed by atoms with Crippen molar-refractivity contribution in [3.8, 4) is 0 Å². The number of carbonyl (C=O) groups excluding carboxylic acids is 2. The molecule has 1 aromatic carbocycles. The Morgan fingerprint density at radius 3 is 2.71 bits per heavy atom. The lowest BCUT2D eigenvalue weighted by molar-refractivity contribution is -0.135. The molecule has 5 heteroatoms. The van der Waals surface area contributed by atoms with Gasteiger partial charge >= 0.3 is 0 Å². The zero-order valence-electron chi connectivity index (χ0n) is 11.4. The third-order valence-corrected chi connectivity index (χ3v) is 5.05. The lowest BCUT2D eigenvalue weighted by Crippen LogP contribution is -2.43. The van der Waals surface area contributed by atoms with Crippen LogP contribution in [-0.4, -0.2) is 11.8 Å². The number of nitrogens with one attached hydrogen (secondary N) is 1. The van der Waals surface area contributed by atoms with Crippen molar-refractivity contribution in [3.63, 3.8) is 0 Å². The summed E-state index contributed by atoms with van der Waals surface area (Å²) in [4.78, 5) is 26.3. The summed E-state index contributed by atoms with van der Waals surface area (Å²) in [5.74, 6) is -0.957. The molecule has 108 valence electrons. The van der Waals surface area contributed by atoms with Gasteiger partial charge in [0.1, 0.15) is 0 Å². The zero-order chi connectivity index (χ0) is 15.0. The number of hydrogen-bond donors (Lipinski definition) is 1. The monoisotopic (exact) mass is 319 g/mol. The van der Waals surface area contributed by atoms with Crippen LogP contribution in [0.2, 0.25) is 5.02 Å². The molecule has 1 aromatic heterocycles. The van der Waals surface area contributed by atoms with E-state index < -0.39 is 0 Å². The van der Waals surface area contributed by atoms with Crippen LogP contribution in [0.4, 0.5) is 0 Å². The number of carbonyl (C=O) groups is 2. The van der Waals surface area contributed by atoms with E-state index in [0.29, 0.717) is 11.4 Å². The maximum absolute atomic E-state index is 12.3. The summed E-state index contributed by atoms with van der Waals surface area (Å²) in [6, 6.07) is 11.3. The Morgan fingerprint density at radius 1 is 1.24 bits per heavy atom. The Hall–Kier alpha value is -1.65. The Labute approximate surface area is 131 Å². The van der Waals surface area contributed by atoms with Gasteiger partial charge in [-0.05, 0) is 36.8 Å². The van der Waals surface area contributed by atoms with E-state index in [4.69, 9.17) is 11.6 Å². The maximum Gasteiger partial charge on any atom is 0.234 e. The number of benzene rings is 1. The van der Waals surface area contributed by atoms with Crippen molar-refractivity contribution in [1.82, 2.24) is 5.32 Å². The molecule has 1 aliphatic heterocycles. The average molecular weight is 320 g/mol. The van der Waals surface area contributed by atoms with Crippen LogP contribution in [0.3, 0.4) is 0 Å². The molecule has 2 amide bonds. The van der Waals surface area contributed by atoms with Gasteiger partial charge in [0.2, 0.25) is 11.8 Å². The van der Waals surface area contributed by atoms with Crippen molar-refractivity contribution < 1.29 is 9.59 Å². The van der Waals surface area contributed by atoms with Crippen molar-refractivity contribution in [3.05, 3.63) is 56.7 Å². The molecule has 3 nitrogen and oxygen atoms in total. The first kappa shape index (κ1) is 14.3. The molecular weight excluding hydrogens is 306 g/mol. The lowest BCUT2D eigenvalue weighted by atomic mass is 9.79. The van der Waals surface area contributed by atoms with E-state index in [-0.39, 0.29) is 23.7 Å². The van der Waals surface area contributed by atoms with Crippen molar-refractivity contribution in [1.29, 1.82) is 0 Å². The van der Waals surface area contributed by atoms with Crippen LogP contribution in [0.1, 0.15) is 33.6 Å². The van der Waals surface area contributed by atoms with Crippen LogP contribution in [0.25, 0.3) is 0 Å². The normalized spacial score (nSPS) is 22.2. The number of rotatable bonds is 2. The second-order valence-corrected chi connectivity index (χ2v) is 6.96.